The van der Waals surface area contributed by atoms with Gasteiger partial charge in [-0.15, -0.1) is 0 Å². The van der Waals surface area contributed by atoms with E-state index in [2.05, 4.69) is 22.9 Å². The molecule has 1 aliphatic heterocycles. The molecule has 2 amide bonds. The number of rotatable bonds is 5. The van der Waals surface area contributed by atoms with Crippen LogP contribution < -0.4 is 5.32 Å². The van der Waals surface area contributed by atoms with Gasteiger partial charge >= 0.3 is 0 Å². The minimum absolute atomic E-state index is 0.237. The predicted molar refractivity (Wildman–Crippen MR) is 103 cm³/mol. The SMILES string of the molecule is CCCc1nc2ccccc2n1Cc1ccc(C2SC(=O)NC2=O)cc1. The maximum absolute atomic E-state index is 11.8. The van der Waals surface area contributed by atoms with Crippen LogP contribution in [0.4, 0.5) is 4.79 Å². The summed E-state index contributed by atoms with van der Waals surface area (Å²) in [6.07, 6.45) is 1.98. The van der Waals surface area contributed by atoms with Gasteiger partial charge in [-0.25, -0.2) is 4.98 Å². The molecule has 0 aliphatic carbocycles. The fourth-order valence-electron chi connectivity index (χ4n) is 3.27. The van der Waals surface area contributed by atoms with Gasteiger partial charge in [-0.3, -0.25) is 14.9 Å². The fourth-order valence-corrected chi connectivity index (χ4v) is 4.11. The van der Waals surface area contributed by atoms with Crippen LogP contribution in [-0.2, 0) is 17.8 Å². The lowest BCUT2D eigenvalue weighted by atomic mass is 10.1. The molecule has 0 spiro atoms. The highest BCUT2D eigenvalue weighted by atomic mass is 32.2. The number of nitrogens with one attached hydrogen (secondary N) is 1. The second-order valence-corrected chi connectivity index (χ2v) is 7.45. The van der Waals surface area contributed by atoms with Crippen LogP contribution in [0.3, 0.4) is 0 Å². The molecule has 1 N–H and O–H groups in total. The highest BCUT2D eigenvalue weighted by molar-refractivity contribution is 8.15. The number of aryl methyl sites for hydroxylation is 1. The zero-order valence-corrected chi connectivity index (χ0v) is 15.3. The molecule has 1 aromatic heterocycles. The first-order valence-electron chi connectivity index (χ1n) is 8.70. The number of imidazole rings is 1. The van der Waals surface area contributed by atoms with E-state index in [9.17, 15) is 9.59 Å². The van der Waals surface area contributed by atoms with Gasteiger partial charge in [0.1, 0.15) is 11.1 Å². The van der Waals surface area contributed by atoms with Gasteiger partial charge in [-0.1, -0.05) is 43.3 Å². The molecule has 3 aromatic rings. The van der Waals surface area contributed by atoms with E-state index in [-0.39, 0.29) is 11.1 Å². The average molecular weight is 365 g/mol. The quantitative estimate of drug-likeness (QED) is 0.740. The molecule has 26 heavy (non-hydrogen) atoms. The van der Waals surface area contributed by atoms with Crippen LogP contribution in [-0.4, -0.2) is 20.7 Å². The van der Waals surface area contributed by atoms with Crippen molar-refractivity contribution in [3.63, 3.8) is 0 Å². The van der Waals surface area contributed by atoms with Gasteiger partial charge < -0.3 is 4.57 Å². The van der Waals surface area contributed by atoms with Gasteiger partial charge in [-0.2, -0.15) is 0 Å². The first-order chi connectivity index (χ1) is 12.7. The van der Waals surface area contributed by atoms with Crippen LogP contribution in [0.15, 0.2) is 48.5 Å². The summed E-state index contributed by atoms with van der Waals surface area (Å²) in [6, 6.07) is 16.1. The normalized spacial score (nSPS) is 17.0. The summed E-state index contributed by atoms with van der Waals surface area (Å²) in [5.41, 5.74) is 4.15. The number of nitrogens with zero attached hydrogens (tertiary/aromatic N) is 2. The minimum atomic E-state index is -0.443. The summed E-state index contributed by atoms with van der Waals surface area (Å²) in [6.45, 7) is 2.89. The van der Waals surface area contributed by atoms with Crippen molar-refractivity contribution in [3.8, 4) is 0 Å². The molecule has 4 rings (SSSR count). The number of imide groups is 1. The van der Waals surface area contributed by atoms with E-state index < -0.39 is 5.25 Å². The Bertz CT molecular complexity index is 978. The average Bonchev–Trinajstić information content (AvgIpc) is 3.16. The second-order valence-electron chi connectivity index (χ2n) is 6.37. The van der Waals surface area contributed by atoms with E-state index in [1.807, 2.05) is 42.5 Å². The van der Waals surface area contributed by atoms with E-state index in [0.29, 0.717) is 0 Å². The number of thioether (sulfide) groups is 1. The zero-order valence-electron chi connectivity index (χ0n) is 14.4. The Morgan fingerprint density at radius 1 is 1.12 bits per heavy atom. The lowest BCUT2D eigenvalue weighted by Crippen LogP contribution is -2.20. The number of carbonyl (C=O) groups excluding carboxylic acids is 2. The highest BCUT2D eigenvalue weighted by Crippen LogP contribution is 2.34. The van der Waals surface area contributed by atoms with Crippen molar-refractivity contribution in [2.24, 2.45) is 0 Å². The largest absolute Gasteiger partial charge is 0.323 e. The van der Waals surface area contributed by atoms with E-state index >= 15 is 0 Å². The molecule has 6 heteroatoms. The Balaban J connectivity index is 1.62. The van der Waals surface area contributed by atoms with Gasteiger partial charge in [-0.05, 0) is 41.4 Å². The summed E-state index contributed by atoms with van der Waals surface area (Å²) in [5, 5.41) is 1.61. The number of hydrogen-bond donors (Lipinski definition) is 1. The zero-order chi connectivity index (χ0) is 18.1. The van der Waals surface area contributed by atoms with Crippen LogP contribution in [0.5, 0.6) is 0 Å². The summed E-state index contributed by atoms with van der Waals surface area (Å²) >= 11 is 1.03. The van der Waals surface area contributed by atoms with Crippen LogP contribution in [0.2, 0.25) is 0 Å². The van der Waals surface area contributed by atoms with E-state index in [0.717, 1.165) is 59.1 Å². The van der Waals surface area contributed by atoms with Gasteiger partial charge in [0, 0.05) is 13.0 Å². The third-order valence-electron chi connectivity index (χ3n) is 4.52. The highest BCUT2D eigenvalue weighted by Gasteiger charge is 2.32. The van der Waals surface area contributed by atoms with Crippen molar-refractivity contribution in [1.29, 1.82) is 0 Å². The Labute approximate surface area is 155 Å². The Morgan fingerprint density at radius 3 is 2.58 bits per heavy atom. The van der Waals surface area contributed by atoms with Crippen molar-refractivity contribution in [2.45, 2.75) is 31.6 Å². The van der Waals surface area contributed by atoms with Crippen LogP contribution in [0.25, 0.3) is 11.0 Å². The van der Waals surface area contributed by atoms with Crippen molar-refractivity contribution < 1.29 is 9.59 Å². The van der Waals surface area contributed by atoms with Crippen LogP contribution in [0, 0.1) is 0 Å². The van der Waals surface area contributed by atoms with Gasteiger partial charge in [0.05, 0.1) is 11.0 Å². The van der Waals surface area contributed by atoms with Gasteiger partial charge in [0.2, 0.25) is 5.91 Å². The fraction of sp³-hybridized carbons (Fsp3) is 0.250. The van der Waals surface area contributed by atoms with Crippen molar-refractivity contribution in [3.05, 3.63) is 65.5 Å². The third-order valence-corrected chi connectivity index (χ3v) is 5.56. The number of benzene rings is 2. The molecular formula is C20H19N3O2S. The molecule has 1 saturated heterocycles. The number of carbonyl (C=O) groups is 2. The molecule has 132 valence electrons. The monoisotopic (exact) mass is 365 g/mol. The summed E-state index contributed by atoms with van der Waals surface area (Å²) < 4.78 is 2.26. The lowest BCUT2D eigenvalue weighted by molar-refractivity contribution is -0.119. The molecule has 1 fully saturated rings. The molecule has 0 saturated carbocycles. The molecule has 5 nitrogen and oxygen atoms in total. The van der Waals surface area contributed by atoms with Crippen molar-refractivity contribution in [1.82, 2.24) is 14.9 Å². The Hall–Kier alpha value is -2.60. The first-order valence-corrected chi connectivity index (χ1v) is 9.58. The van der Waals surface area contributed by atoms with Crippen LogP contribution in [0.1, 0.15) is 35.5 Å². The second kappa shape index (κ2) is 6.96. The van der Waals surface area contributed by atoms with Crippen molar-refractivity contribution in [2.75, 3.05) is 0 Å². The van der Waals surface area contributed by atoms with E-state index in [1.165, 1.54) is 0 Å². The number of fused-ring (bicyclic) bond motifs is 1. The predicted octanol–water partition coefficient (Wildman–Crippen LogP) is 4.06. The Kier molecular flexibility index (Phi) is 4.51. The molecule has 1 atom stereocenters. The number of hydrogen-bond acceptors (Lipinski definition) is 4. The third kappa shape index (κ3) is 3.12. The standard InChI is InChI=1S/C20H19N3O2S/c1-2-5-17-21-15-6-3-4-7-16(15)23(17)12-13-8-10-14(11-9-13)18-19(24)22-20(25)26-18/h3-4,6-11,18H,2,5,12H2,1H3,(H,22,24,25). The molecule has 0 bridgehead atoms. The molecule has 2 heterocycles. The maximum Gasteiger partial charge on any atom is 0.286 e. The van der Waals surface area contributed by atoms with Gasteiger partial charge in [0.15, 0.2) is 0 Å². The van der Waals surface area contributed by atoms with E-state index in [1.54, 1.807) is 0 Å². The molecule has 1 aliphatic rings. The van der Waals surface area contributed by atoms with Gasteiger partial charge in [0.25, 0.3) is 5.24 Å². The maximum atomic E-state index is 11.8. The number of aromatic nitrogens is 2. The van der Waals surface area contributed by atoms with E-state index in [4.69, 9.17) is 4.98 Å². The topological polar surface area (TPSA) is 64.0 Å². The lowest BCUT2D eigenvalue weighted by Gasteiger charge is -2.11. The Morgan fingerprint density at radius 2 is 1.88 bits per heavy atom. The first kappa shape index (κ1) is 16.8. The molecule has 2 aromatic carbocycles. The van der Waals surface area contributed by atoms with Crippen LogP contribution >= 0.6 is 11.8 Å². The summed E-state index contributed by atoms with van der Waals surface area (Å²) in [4.78, 5) is 28.0. The van der Waals surface area contributed by atoms with Crippen molar-refractivity contribution >= 4 is 33.9 Å². The number of para-hydroxylation sites is 2. The molecule has 0 radical (unpaired) electrons. The minimum Gasteiger partial charge on any atom is -0.323 e. The summed E-state index contributed by atoms with van der Waals surface area (Å²) in [7, 11) is 0. The number of amides is 2. The molecule has 1 unspecified atom stereocenters. The summed E-state index contributed by atoms with van der Waals surface area (Å²) in [5.74, 6) is 0.854. The molecular weight excluding hydrogens is 346 g/mol. The smallest absolute Gasteiger partial charge is 0.286 e.